The Hall–Kier alpha value is -4.11. The van der Waals surface area contributed by atoms with Crippen LogP contribution < -0.4 is 0 Å². The quantitative estimate of drug-likeness (QED) is 0.222. The molecule has 2 aliphatic heterocycles. The van der Waals surface area contributed by atoms with E-state index in [1.165, 1.54) is 74.6 Å². The molecule has 9 aliphatic rings. The SMILES string of the molecule is C1=CCCC(C2C=CC(C3=CCCC(C4CC=CC(C5CCC(C6C=CC=CC6)N=C5C5CC=CCC5)C4)=NC(C4C=CC(C5C=CCCC5)=CC4)=N3)=CC2)=C1. The van der Waals surface area contributed by atoms with Crippen molar-refractivity contribution in [1.29, 1.82) is 0 Å². The van der Waals surface area contributed by atoms with Crippen LogP contribution in [0.1, 0.15) is 109 Å². The Morgan fingerprint density at radius 2 is 1.50 bits per heavy atom. The Bertz CT molecular complexity index is 1940. The molecule has 56 heavy (non-hydrogen) atoms. The summed E-state index contributed by atoms with van der Waals surface area (Å²) in [6.07, 6.45) is 67.4. The fraction of sp³-hybridized carbons (Fsp3) is 0.491. The van der Waals surface area contributed by atoms with E-state index in [4.69, 9.17) is 15.0 Å². The van der Waals surface area contributed by atoms with E-state index in [1.807, 2.05) is 0 Å². The number of hydrogen-bond acceptors (Lipinski definition) is 3. The van der Waals surface area contributed by atoms with Crippen LogP contribution in [-0.2, 0) is 0 Å². The molecule has 3 nitrogen and oxygen atoms in total. The van der Waals surface area contributed by atoms with Crippen LogP contribution in [0, 0.1) is 47.3 Å². The van der Waals surface area contributed by atoms with Gasteiger partial charge in [0.15, 0.2) is 0 Å². The molecule has 3 heteroatoms. The molecule has 9 rings (SSSR count). The van der Waals surface area contributed by atoms with Crippen molar-refractivity contribution in [2.45, 2.75) is 115 Å². The fourth-order valence-electron chi connectivity index (χ4n) is 11.0. The van der Waals surface area contributed by atoms with Crippen LogP contribution >= 0.6 is 0 Å². The number of nitrogens with zero attached hydrogens (tertiary/aromatic N) is 3. The van der Waals surface area contributed by atoms with Crippen molar-refractivity contribution in [1.82, 2.24) is 0 Å². The van der Waals surface area contributed by atoms with E-state index < -0.39 is 0 Å². The second-order valence-corrected chi connectivity index (χ2v) is 17.9. The van der Waals surface area contributed by atoms with Crippen molar-refractivity contribution in [3.8, 4) is 0 Å². The molecule has 0 spiro atoms. The van der Waals surface area contributed by atoms with E-state index in [9.17, 15) is 0 Å². The molecule has 290 valence electrons. The molecule has 2 heterocycles. The average Bonchev–Trinajstić information content (AvgIpc) is 3.28. The van der Waals surface area contributed by atoms with E-state index >= 15 is 0 Å². The summed E-state index contributed by atoms with van der Waals surface area (Å²) in [7, 11) is 0. The minimum Gasteiger partial charge on any atom is -0.290 e. The third kappa shape index (κ3) is 8.73. The maximum atomic E-state index is 5.72. The normalized spacial score (nSPS) is 35.7. The molecule has 9 unspecified atom stereocenters. The fourth-order valence-corrected chi connectivity index (χ4v) is 11.0. The summed E-state index contributed by atoms with van der Waals surface area (Å²) in [6, 6.07) is 0.431. The van der Waals surface area contributed by atoms with Crippen LogP contribution in [0.15, 0.2) is 159 Å². The molecule has 7 aliphatic carbocycles. The summed E-state index contributed by atoms with van der Waals surface area (Å²) in [5, 5.41) is 0. The van der Waals surface area contributed by atoms with E-state index in [2.05, 4.69) is 122 Å². The molecule has 0 fully saturated rings. The smallest absolute Gasteiger partial charge is 0.136 e. The van der Waals surface area contributed by atoms with Crippen molar-refractivity contribution in [2.24, 2.45) is 62.3 Å². The molecule has 9 atom stereocenters. The van der Waals surface area contributed by atoms with Gasteiger partial charge in [-0.1, -0.05) is 127 Å². The van der Waals surface area contributed by atoms with Crippen molar-refractivity contribution in [2.75, 3.05) is 0 Å². The first-order chi connectivity index (χ1) is 27.7. The van der Waals surface area contributed by atoms with Gasteiger partial charge >= 0.3 is 0 Å². The van der Waals surface area contributed by atoms with Gasteiger partial charge in [-0.15, -0.1) is 0 Å². The lowest BCUT2D eigenvalue weighted by molar-refractivity contribution is 0.323. The summed E-state index contributed by atoms with van der Waals surface area (Å²) in [5.74, 6) is 4.98. The maximum Gasteiger partial charge on any atom is 0.136 e. The molecule has 0 aromatic carbocycles. The second-order valence-electron chi connectivity index (χ2n) is 17.9. The molecule has 0 saturated heterocycles. The lowest BCUT2D eigenvalue weighted by atomic mass is 9.68. The van der Waals surface area contributed by atoms with Gasteiger partial charge < -0.3 is 0 Å². The molecule has 0 saturated carbocycles. The highest BCUT2D eigenvalue weighted by molar-refractivity contribution is 6.02. The summed E-state index contributed by atoms with van der Waals surface area (Å²) in [5.41, 5.74) is 8.37. The largest absolute Gasteiger partial charge is 0.290 e. The Kier molecular flexibility index (Phi) is 12.0. The highest BCUT2D eigenvalue weighted by Gasteiger charge is 2.38. The van der Waals surface area contributed by atoms with E-state index in [1.54, 1.807) is 11.3 Å². The van der Waals surface area contributed by atoms with Gasteiger partial charge in [0.25, 0.3) is 0 Å². The van der Waals surface area contributed by atoms with Crippen LogP contribution in [0.3, 0.4) is 0 Å². The van der Waals surface area contributed by atoms with Gasteiger partial charge in [-0.3, -0.25) is 4.99 Å². The number of allylic oxidation sites excluding steroid dienone is 20. The Morgan fingerprint density at radius 1 is 0.554 bits per heavy atom. The zero-order valence-electron chi connectivity index (χ0n) is 33.6. The topological polar surface area (TPSA) is 37.1 Å². The van der Waals surface area contributed by atoms with Gasteiger partial charge in [0, 0.05) is 52.8 Å². The van der Waals surface area contributed by atoms with Crippen molar-refractivity contribution in [3.05, 3.63) is 144 Å². The predicted octanol–water partition coefficient (Wildman–Crippen LogP) is 13.4. The van der Waals surface area contributed by atoms with Gasteiger partial charge in [0.2, 0.25) is 0 Å². The van der Waals surface area contributed by atoms with Crippen molar-refractivity contribution >= 4 is 17.3 Å². The number of rotatable bonds is 8. The Balaban J connectivity index is 0.971. The lowest BCUT2D eigenvalue weighted by Crippen LogP contribution is -2.38. The molecule has 0 bridgehead atoms. The summed E-state index contributed by atoms with van der Waals surface area (Å²) >= 11 is 0. The summed E-state index contributed by atoms with van der Waals surface area (Å²) in [4.78, 5) is 16.9. The monoisotopic (exact) mass is 742 g/mol. The molecule has 0 aromatic rings. The molecular weight excluding hydrogens is 679 g/mol. The third-order valence-electron chi connectivity index (χ3n) is 14.3. The highest BCUT2D eigenvalue weighted by Crippen LogP contribution is 2.42. The zero-order valence-corrected chi connectivity index (χ0v) is 33.6. The standard InChI is InChI=1S/C53H63N3/c1-5-15-38(16-6-1)40-27-31-43(32-28-40)49-25-14-26-50(56-53(55-49)45-33-29-41(30-34-45)39-17-7-2-8-18-39)47-24-13-23-46(37-47)48-35-36-51(42-19-9-3-10-20-42)54-52(48)44-21-11-4-12-22-44/h1,3-5,7,9-11,13,15,17,19,23,25,27,29-33,39-40,42,44-48,51H,2,6,8,12,14,16,18,20-22,24,26,28,34-37H2. The molecular formula is C53H63N3. The lowest BCUT2D eigenvalue weighted by Gasteiger charge is -2.40. The zero-order chi connectivity index (χ0) is 37.5. The second kappa shape index (κ2) is 18.0. The predicted molar refractivity (Wildman–Crippen MR) is 238 cm³/mol. The third-order valence-corrected chi connectivity index (χ3v) is 14.3. The number of hydrogen-bond donors (Lipinski definition) is 0. The molecule has 0 N–H and O–H groups in total. The van der Waals surface area contributed by atoms with Crippen LogP contribution in [0.25, 0.3) is 0 Å². The van der Waals surface area contributed by atoms with Gasteiger partial charge in [-0.25, -0.2) is 9.98 Å². The van der Waals surface area contributed by atoms with Crippen LogP contribution in [0.2, 0.25) is 0 Å². The Morgan fingerprint density at radius 3 is 2.29 bits per heavy atom. The van der Waals surface area contributed by atoms with Crippen molar-refractivity contribution < 1.29 is 0 Å². The Labute approximate surface area is 337 Å². The van der Waals surface area contributed by atoms with Gasteiger partial charge in [-0.2, -0.15) is 0 Å². The van der Waals surface area contributed by atoms with E-state index in [0.717, 1.165) is 62.9 Å². The van der Waals surface area contributed by atoms with Crippen LogP contribution in [0.4, 0.5) is 0 Å². The van der Waals surface area contributed by atoms with E-state index in [-0.39, 0.29) is 5.92 Å². The summed E-state index contributed by atoms with van der Waals surface area (Å²) < 4.78 is 0. The summed E-state index contributed by atoms with van der Waals surface area (Å²) in [6.45, 7) is 0. The van der Waals surface area contributed by atoms with Crippen LogP contribution in [-0.4, -0.2) is 23.3 Å². The highest BCUT2D eigenvalue weighted by atomic mass is 14.9. The first-order valence-electron chi connectivity index (χ1n) is 22.6. The number of aliphatic imine (C=N–C) groups is 3. The first-order valence-corrected chi connectivity index (χ1v) is 22.6. The molecule has 0 amide bonds. The van der Waals surface area contributed by atoms with Gasteiger partial charge in [0.05, 0.1) is 11.7 Å². The number of amidine groups is 1. The van der Waals surface area contributed by atoms with Crippen LogP contribution in [0.5, 0.6) is 0 Å². The average molecular weight is 742 g/mol. The van der Waals surface area contributed by atoms with Gasteiger partial charge in [0.1, 0.15) is 5.84 Å². The van der Waals surface area contributed by atoms with Gasteiger partial charge in [-0.05, 0) is 126 Å². The minimum absolute atomic E-state index is 0.204. The minimum atomic E-state index is 0.204. The molecule has 0 aromatic heterocycles. The van der Waals surface area contributed by atoms with Crippen molar-refractivity contribution in [3.63, 3.8) is 0 Å². The first kappa shape index (κ1) is 37.5. The molecule has 0 radical (unpaired) electrons. The van der Waals surface area contributed by atoms with E-state index in [0.29, 0.717) is 47.5 Å². The maximum absolute atomic E-state index is 5.72.